The maximum atomic E-state index is 13.5. The number of imide groups is 1. The van der Waals surface area contributed by atoms with Gasteiger partial charge in [-0.3, -0.25) is 33.0 Å². The molecule has 0 radical (unpaired) electrons. The predicted octanol–water partition coefficient (Wildman–Crippen LogP) is 2.55. The number of nitrogens with zero attached hydrogens (tertiary/aromatic N) is 7. The Morgan fingerprint density at radius 2 is 1.55 bits per heavy atom. The van der Waals surface area contributed by atoms with Gasteiger partial charge >= 0.3 is 5.69 Å². The van der Waals surface area contributed by atoms with Gasteiger partial charge in [-0.05, 0) is 42.3 Å². The summed E-state index contributed by atoms with van der Waals surface area (Å²) in [5.74, 6) is 0.0505. The topological polar surface area (TPSA) is 106 Å². The average molecular weight is 611 g/mol. The Morgan fingerprint density at radius 1 is 0.881 bits per heavy atom. The van der Waals surface area contributed by atoms with Gasteiger partial charge in [-0.15, -0.1) is 0 Å². The van der Waals surface area contributed by atoms with Crippen molar-refractivity contribution < 1.29 is 9.59 Å². The quantitative estimate of drug-likeness (QED) is 0.320. The summed E-state index contributed by atoms with van der Waals surface area (Å²) in [6, 6.07) is 12.0. The van der Waals surface area contributed by atoms with Crippen LogP contribution < -0.4 is 21.0 Å². The van der Waals surface area contributed by atoms with E-state index in [1.807, 2.05) is 28.5 Å². The lowest BCUT2D eigenvalue weighted by atomic mass is 10.1. The molecule has 4 aromatic rings. The van der Waals surface area contributed by atoms with Crippen molar-refractivity contribution in [2.75, 3.05) is 36.0 Å². The summed E-state index contributed by atoms with van der Waals surface area (Å²) in [7, 11) is 3.05. The number of aryl methyl sites for hydroxylation is 2. The molecule has 0 spiro atoms. The second-order valence-electron chi connectivity index (χ2n) is 10.7. The van der Waals surface area contributed by atoms with Gasteiger partial charge in [0.1, 0.15) is 0 Å². The molecule has 2 fully saturated rings. The fourth-order valence-corrected chi connectivity index (χ4v) is 6.10. The Balaban J connectivity index is 1.29. The minimum absolute atomic E-state index is 0.0953. The number of carbonyl (C=O) groups is 2. The van der Waals surface area contributed by atoms with E-state index in [4.69, 9.17) is 28.2 Å². The first-order valence-corrected chi connectivity index (χ1v) is 14.3. The van der Waals surface area contributed by atoms with Crippen LogP contribution in [0.25, 0.3) is 11.2 Å². The van der Waals surface area contributed by atoms with E-state index in [1.165, 1.54) is 16.5 Å². The molecule has 2 aliphatic heterocycles. The average Bonchev–Trinajstić information content (AvgIpc) is 3.50. The Bertz CT molecular complexity index is 1850. The Kier molecular flexibility index (Phi) is 7.20. The van der Waals surface area contributed by atoms with E-state index in [0.717, 1.165) is 15.7 Å². The number of rotatable bonds is 5. The first-order valence-electron chi connectivity index (χ1n) is 13.6. The van der Waals surface area contributed by atoms with Gasteiger partial charge < -0.3 is 4.90 Å². The molecule has 13 heteroatoms. The van der Waals surface area contributed by atoms with E-state index >= 15 is 0 Å². The first kappa shape index (κ1) is 28.2. The lowest BCUT2D eigenvalue weighted by Crippen LogP contribution is -2.53. The van der Waals surface area contributed by atoms with Crippen molar-refractivity contribution in [1.29, 1.82) is 0 Å². The van der Waals surface area contributed by atoms with Gasteiger partial charge in [0.2, 0.25) is 11.9 Å². The fraction of sp³-hybridized carbons (Fsp3) is 0.345. The molecule has 42 heavy (non-hydrogen) atoms. The van der Waals surface area contributed by atoms with Gasteiger partial charge in [0, 0.05) is 50.3 Å². The standard InChI is InChI=1S/C29H29Cl2N7O4/c1-17-4-7-20(31)14-21(17)38-23(39)15-22(26(38)40)35-10-12-36(13-11-35)28-32-25-24(27(41)34(3)29(42)33(25)2)37(28)16-18-5-8-19(30)9-6-18/h4-9,14,22H,10-13,15-16H2,1-3H3. The molecule has 0 bridgehead atoms. The molecule has 2 amide bonds. The van der Waals surface area contributed by atoms with E-state index in [1.54, 1.807) is 37.4 Å². The number of anilines is 2. The zero-order valence-corrected chi connectivity index (χ0v) is 24.9. The number of amides is 2. The van der Waals surface area contributed by atoms with Gasteiger partial charge in [0.15, 0.2) is 11.2 Å². The van der Waals surface area contributed by atoms with Gasteiger partial charge in [-0.25, -0.2) is 9.69 Å². The molecule has 1 atom stereocenters. The van der Waals surface area contributed by atoms with Crippen LogP contribution in [0.2, 0.25) is 10.0 Å². The third-order valence-electron chi connectivity index (χ3n) is 8.15. The molecule has 4 heterocycles. The smallest absolute Gasteiger partial charge is 0.332 e. The van der Waals surface area contributed by atoms with Crippen LogP contribution in [0.4, 0.5) is 11.6 Å². The van der Waals surface area contributed by atoms with Crippen molar-refractivity contribution in [3.8, 4) is 0 Å². The molecule has 6 rings (SSSR count). The summed E-state index contributed by atoms with van der Waals surface area (Å²) in [4.78, 5) is 62.6. The van der Waals surface area contributed by atoms with Gasteiger partial charge in [-0.1, -0.05) is 41.4 Å². The molecule has 2 aromatic carbocycles. The Morgan fingerprint density at radius 3 is 2.24 bits per heavy atom. The van der Waals surface area contributed by atoms with Crippen molar-refractivity contribution in [3.63, 3.8) is 0 Å². The molecule has 2 aromatic heterocycles. The van der Waals surface area contributed by atoms with Crippen LogP contribution in [-0.2, 0) is 30.2 Å². The van der Waals surface area contributed by atoms with Crippen molar-refractivity contribution in [2.24, 2.45) is 14.1 Å². The summed E-state index contributed by atoms with van der Waals surface area (Å²) in [5.41, 5.74) is 1.99. The third kappa shape index (κ3) is 4.71. The number of benzene rings is 2. The highest BCUT2D eigenvalue weighted by atomic mass is 35.5. The van der Waals surface area contributed by atoms with Crippen LogP contribution in [0.3, 0.4) is 0 Å². The number of fused-ring (bicyclic) bond motifs is 1. The second kappa shape index (κ2) is 10.7. The van der Waals surface area contributed by atoms with E-state index in [0.29, 0.717) is 65.6 Å². The van der Waals surface area contributed by atoms with Crippen LogP contribution in [0.5, 0.6) is 0 Å². The van der Waals surface area contributed by atoms with Gasteiger partial charge in [0.25, 0.3) is 11.5 Å². The molecular weight excluding hydrogens is 581 g/mol. The Labute approximate surface area is 251 Å². The minimum atomic E-state index is -0.570. The number of imidazole rings is 1. The summed E-state index contributed by atoms with van der Waals surface area (Å²) in [6.07, 6.45) is 0.0953. The minimum Gasteiger partial charge on any atom is -0.340 e. The van der Waals surface area contributed by atoms with Gasteiger partial charge in [0.05, 0.1) is 24.7 Å². The summed E-state index contributed by atoms with van der Waals surface area (Å²) >= 11 is 12.3. The third-order valence-corrected chi connectivity index (χ3v) is 8.64. The van der Waals surface area contributed by atoms with E-state index < -0.39 is 17.3 Å². The summed E-state index contributed by atoms with van der Waals surface area (Å²) in [6.45, 7) is 4.22. The van der Waals surface area contributed by atoms with Gasteiger partial charge in [-0.2, -0.15) is 4.98 Å². The predicted molar refractivity (Wildman–Crippen MR) is 162 cm³/mol. The largest absolute Gasteiger partial charge is 0.340 e. The second-order valence-corrected chi connectivity index (χ2v) is 11.6. The van der Waals surface area contributed by atoms with Crippen LogP contribution in [0.15, 0.2) is 52.1 Å². The molecule has 1 unspecified atom stereocenters. The number of piperazine rings is 1. The normalized spacial score (nSPS) is 18.1. The number of hydrogen-bond donors (Lipinski definition) is 0. The van der Waals surface area contributed by atoms with Crippen LogP contribution in [0.1, 0.15) is 17.5 Å². The lowest BCUT2D eigenvalue weighted by Gasteiger charge is -2.37. The highest BCUT2D eigenvalue weighted by Crippen LogP contribution is 2.31. The number of hydrogen-bond acceptors (Lipinski definition) is 7. The van der Waals surface area contributed by atoms with Crippen molar-refractivity contribution in [1.82, 2.24) is 23.6 Å². The van der Waals surface area contributed by atoms with Crippen molar-refractivity contribution in [3.05, 3.63) is 84.5 Å². The molecular formula is C29H29Cl2N7O4. The zero-order chi connectivity index (χ0) is 29.9. The van der Waals surface area contributed by atoms with E-state index in [2.05, 4.69) is 4.90 Å². The fourth-order valence-electron chi connectivity index (χ4n) is 5.81. The summed E-state index contributed by atoms with van der Waals surface area (Å²) < 4.78 is 4.30. The maximum Gasteiger partial charge on any atom is 0.332 e. The molecule has 0 N–H and O–H groups in total. The molecule has 0 saturated carbocycles. The monoisotopic (exact) mass is 609 g/mol. The molecule has 218 valence electrons. The Hall–Kier alpha value is -3.93. The molecule has 11 nitrogen and oxygen atoms in total. The number of aromatic nitrogens is 4. The van der Waals surface area contributed by atoms with Crippen LogP contribution in [0, 0.1) is 6.92 Å². The summed E-state index contributed by atoms with van der Waals surface area (Å²) in [5, 5.41) is 1.06. The molecule has 2 aliphatic rings. The molecule has 0 aliphatic carbocycles. The maximum absolute atomic E-state index is 13.5. The van der Waals surface area contributed by atoms with Crippen LogP contribution >= 0.6 is 23.2 Å². The van der Waals surface area contributed by atoms with Crippen molar-refractivity contribution in [2.45, 2.75) is 25.9 Å². The zero-order valence-electron chi connectivity index (χ0n) is 23.4. The highest BCUT2D eigenvalue weighted by Gasteiger charge is 2.44. The SMILES string of the molecule is Cc1ccc(Cl)cc1N1C(=O)CC(N2CCN(c3nc4c(c(=O)n(C)c(=O)n4C)n3Cc3ccc(Cl)cc3)CC2)C1=O. The lowest BCUT2D eigenvalue weighted by molar-refractivity contribution is -0.123. The molecule has 2 saturated heterocycles. The van der Waals surface area contributed by atoms with E-state index in [-0.39, 0.29) is 18.2 Å². The van der Waals surface area contributed by atoms with Crippen molar-refractivity contribution >= 4 is 57.8 Å². The van der Waals surface area contributed by atoms with E-state index in [9.17, 15) is 19.2 Å². The number of halogens is 2. The first-order chi connectivity index (χ1) is 20.0. The van der Waals surface area contributed by atoms with Crippen LogP contribution in [-0.4, -0.2) is 67.6 Å². The highest BCUT2D eigenvalue weighted by molar-refractivity contribution is 6.31. The number of carbonyl (C=O) groups excluding carboxylic acids is 2.